The Labute approximate surface area is 84.4 Å². The summed E-state index contributed by atoms with van der Waals surface area (Å²) in [4.78, 5) is 0. The van der Waals surface area contributed by atoms with Crippen molar-refractivity contribution in [3.05, 3.63) is 11.1 Å². The number of hydrogen-bond donors (Lipinski definition) is 0. The summed E-state index contributed by atoms with van der Waals surface area (Å²) in [5, 5.41) is 0. The van der Waals surface area contributed by atoms with E-state index in [-0.39, 0.29) is 5.41 Å². The summed E-state index contributed by atoms with van der Waals surface area (Å²) < 4.78 is 0. The van der Waals surface area contributed by atoms with Crippen molar-refractivity contribution in [2.45, 2.75) is 40.5 Å². The minimum atomic E-state index is 0.283. The molecule has 0 aromatic heterocycles. The monoisotopic (exact) mass is 194 g/mol. The average molecular weight is 194 g/mol. The summed E-state index contributed by atoms with van der Waals surface area (Å²) in [5.41, 5.74) is 6.08. The van der Waals surface area contributed by atoms with Gasteiger partial charge in [0.15, 0.2) is 0 Å². The molecule has 0 aromatic carbocycles. The van der Waals surface area contributed by atoms with Gasteiger partial charge in [0.25, 0.3) is 0 Å². The Kier molecular flexibility index (Phi) is 3.20. The number of hydrogen-bond acceptors (Lipinski definition) is 0. The van der Waals surface area contributed by atoms with E-state index in [2.05, 4.69) is 48.5 Å². The Balaban J connectivity index is 3.08. The third-order valence-electron chi connectivity index (χ3n) is 2.81. The summed E-state index contributed by atoms with van der Waals surface area (Å²) in [6.45, 7) is 9.16. The van der Waals surface area contributed by atoms with E-state index in [1.54, 1.807) is 0 Å². The van der Waals surface area contributed by atoms with Gasteiger partial charge in [-0.1, -0.05) is 47.2 Å². The first-order chi connectivity index (χ1) is 5.97. The first-order valence-corrected chi connectivity index (χ1v) is 5.47. The third-order valence-corrected chi connectivity index (χ3v) is 2.96. The van der Waals surface area contributed by atoms with E-state index in [0.717, 1.165) is 5.92 Å². The molecule has 0 aromatic rings. The van der Waals surface area contributed by atoms with Crippen LogP contribution in [0.3, 0.4) is 0 Å². The van der Waals surface area contributed by atoms with Gasteiger partial charge in [-0.05, 0) is 31.1 Å². The second kappa shape index (κ2) is 3.85. The SMILES string of the molecule is CC1=C(C#CP)C(C)(C)CC(C)C1. The fraction of sp³-hybridized carbons (Fsp3) is 0.667. The first-order valence-electron chi connectivity index (χ1n) is 4.89. The number of allylic oxidation sites excluding steroid dienone is 2. The largest absolute Gasteiger partial charge is 0.0784 e. The van der Waals surface area contributed by atoms with E-state index in [0.29, 0.717) is 0 Å². The molecule has 1 aliphatic rings. The molecule has 0 radical (unpaired) electrons. The predicted molar refractivity (Wildman–Crippen MR) is 62.4 cm³/mol. The standard InChI is InChI=1S/C12H19P/c1-9-7-10(2)11(5-6-13)12(3,4)8-9/h9H,7-8,13H2,1-4H3. The Morgan fingerprint density at radius 2 is 2.08 bits per heavy atom. The van der Waals surface area contributed by atoms with Crippen molar-refractivity contribution in [1.29, 1.82) is 0 Å². The molecular formula is C12H19P. The van der Waals surface area contributed by atoms with Crippen LogP contribution in [0.15, 0.2) is 11.1 Å². The van der Waals surface area contributed by atoms with Crippen molar-refractivity contribution >= 4 is 9.24 Å². The molecule has 2 atom stereocenters. The van der Waals surface area contributed by atoms with Crippen molar-refractivity contribution in [1.82, 2.24) is 0 Å². The van der Waals surface area contributed by atoms with Crippen LogP contribution in [0.5, 0.6) is 0 Å². The highest BCUT2D eigenvalue weighted by Crippen LogP contribution is 2.42. The van der Waals surface area contributed by atoms with Gasteiger partial charge < -0.3 is 0 Å². The van der Waals surface area contributed by atoms with Gasteiger partial charge >= 0.3 is 0 Å². The van der Waals surface area contributed by atoms with Crippen LogP contribution < -0.4 is 0 Å². The molecule has 0 heterocycles. The van der Waals surface area contributed by atoms with Gasteiger partial charge in [0, 0.05) is 5.57 Å². The van der Waals surface area contributed by atoms with Crippen molar-refractivity contribution in [3.63, 3.8) is 0 Å². The van der Waals surface area contributed by atoms with E-state index < -0.39 is 0 Å². The molecule has 0 bridgehead atoms. The molecule has 0 aliphatic heterocycles. The first kappa shape index (κ1) is 10.8. The molecular weight excluding hydrogens is 175 g/mol. The van der Waals surface area contributed by atoms with Crippen LogP contribution in [0.4, 0.5) is 0 Å². The lowest BCUT2D eigenvalue weighted by Crippen LogP contribution is -2.24. The summed E-state index contributed by atoms with van der Waals surface area (Å²) >= 11 is 0. The maximum atomic E-state index is 3.24. The van der Waals surface area contributed by atoms with Crippen molar-refractivity contribution in [2.24, 2.45) is 11.3 Å². The zero-order valence-corrected chi connectivity index (χ0v) is 10.2. The van der Waals surface area contributed by atoms with E-state index >= 15 is 0 Å². The lowest BCUT2D eigenvalue weighted by molar-refractivity contribution is 0.309. The quantitative estimate of drug-likeness (QED) is 0.408. The maximum absolute atomic E-state index is 3.24. The van der Waals surface area contributed by atoms with E-state index in [1.807, 2.05) is 0 Å². The minimum Gasteiger partial charge on any atom is -0.0784 e. The van der Waals surface area contributed by atoms with Crippen LogP contribution in [0, 0.1) is 22.9 Å². The second-order valence-corrected chi connectivity index (χ2v) is 5.11. The molecule has 13 heavy (non-hydrogen) atoms. The summed E-state index contributed by atoms with van der Waals surface area (Å²) in [6, 6.07) is 0. The van der Waals surface area contributed by atoms with Gasteiger partial charge in [-0.15, -0.1) is 0 Å². The Hall–Kier alpha value is -0.270. The van der Waals surface area contributed by atoms with Crippen LogP contribution >= 0.6 is 9.24 Å². The summed E-state index contributed by atoms with van der Waals surface area (Å²) in [5.74, 6) is 4.05. The zero-order valence-electron chi connectivity index (χ0n) is 9.07. The van der Waals surface area contributed by atoms with E-state index in [4.69, 9.17) is 0 Å². The molecule has 72 valence electrons. The predicted octanol–water partition coefficient (Wildman–Crippen LogP) is 3.60. The minimum absolute atomic E-state index is 0.283. The molecule has 0 nitrogen and oxygen atoms in total. The van der Waals surface area contributed by atoms with Crippen LogP contribution in [0.25, 0.3) is 0 Å². The smallest absolute Gasteiger partial charge is 0.00693 e. The van der Waals surface area contributed by atoms with Crippen LogP contribution in [0.2, 0.25) is 0 Å². The van der Waals surface area contributed by atoms with Crippen molar-refractivity contribution in [3.8, 4) is 11.6 Å². The van der Waals surface area contributed by atoms with E-state index in [1.165, 1.54) is 24.0 Å². The molecule has 0 saturated carbocycles. The highest BCUT2D eigenvalue weighted by Gasteiger charge is 2.30. The van der Waals surface area contributed by atoms with Gasteiger partial charge in [0.2, 0.25) is 0 Å². The molecule has 1 rings (SSSR count). The van der Waals surface area contributed by atoms with Gasteiger partial charge in [-0.3, -0.25) is 0 Å². The third kappa shape index (κ3) is 2.35. The fourth-order valence-electron chi connectivity index (χ4n) is 2.60. The summed E-state index contributed by atoms with van der Waals surface area (Å²) in [7, 11) is 2.48. The Bertz CT molecular complexity index is 286. The van der Waals surface area contributed by atoms with Crippen molar-refractivity contribution in [2.75, 3.05) is 0 Å². The van der Waals surface area contributed by atoms with Gasteiger partial charge in [0.05, 0.1) is 0 Å². The molecule has 1 aliphatic carbocycles. The highest BCUT2D eigenvalue weighted by molar-refractivity contribution is 7.23. The van der Waals surface area contributed by atoms with E-state index in [9.17, 15) is 0 Å². The fourth-order valence-corrected chi connectivity index (χ4v) is 2.74. The normalized spacial score (nSPS) is 26.7. The number of rotatable bonds is 0. The molecule has 0 saturated heterocycles. The van der Waals surface area contributed by atoms with Gasteiger partial charge in [-0.25, -0.2) is 0 Å². The molecule has 0 N–H and O–H groups in total. The average Bonchev–Trinajstić information content (AvgIpc) is 1.95. The molecule has 0 spiro atoms. The molecule has 1 heteroatoms. The molecule has 0 fully saturated rings. The highest BCUT2D eigenvalue weighted by atomic mass is 31.0. The van der Waals surface area contributed by atoms with Gasteiger partial charge in [-0.2, -0.15) is 0 Å². The zero-order chi connectivity index (χ0) is 10.1. The van der Waals surface area contributed by atoms with Crippen molar-refractivity contribution < 1.29 is 0 Å². The summed E-state index contributed by atoms with van der Waals surface area (Å²) in [6.07, 6.45) is 2.48. The lowest BCUT2D eigenvalue weighted by Gasteiger charge is -2.35. The molecule has 0 amide bonds. The van der Waals surface area contributed by atoms with Gasteiger partial charge in [0.1, 0.15) is 0 Å². The van der Waals surface area contributed by atoms with Crippen LogP contribution in [-0.2, 0) is 0 Å². The second-order valence-electron chi connectivity index (χ2n) is 4.82. The topological polar surface area (TPSA) is 0 Å². The maximum Gasteiger partial charge on any atom is 0.00693 e. The lowest BCUT2D eigenvalue weighted by atomic mass is 9.69. The van der Waals surface area contributed by atoms with Crippen LogP contribution in [-0.4, -0.2) is 0 Å². The Morgan fingerprint density at radius 1 is 1.46 bits per heavy atom. The van der Waals surface area contributed by atoms with Crippen LogP contribution in [0.1, 0.15) is 40.5 Å². The molecule has 2 unspecified atom stereocenters. The Morgan fingerprint density at radius 3 is 2.54 bits per heavy atom.